The van der Waals surface area contributed by atoms with E-state index in [0.29, 0.717) is 0 Å². The second-order valence-corrected chi connectivity index (χ2v) is 10.5. The molecule has 38 heavy (non-hydrogen) atoms. The first-order chi connectivity index (χ1) is 18.2. The zero-order chi connectivity index (χ0) is 27.1. The molecule has 0 aromatic heterocycles. The number of aliphatic carboxylic acids is 2. The Balaban J connectivity index is 1.97. The van der Waals surface area contributed by atoms with E-state index in [1.54, 1.807) is 6.92 Å². The van der Waals surface area contributed by atoms with E-state index < -0.39 is 28.4 Å². The molecule has 0 fully saturated rings. The van der Waals surface area contributed by atoms with Crippen molar-refractivity contribution in [1.82, 2.24) is 4.90 Å². The highest BCUT2D eigenvalue weighted by Crippen LogP contribution is 2.58. The first-order valence-electron chi connectivity index (χ1n) is 12.7. The van der Waals surface area contributed by atoms with Gasteiger partial charge >= 0.3 is 11.9 Å². The highest BCUT2D eigenvalue weighted by atomic mass is 16.4. The van der Waals surface area contributed by atoms with Crippen LogP contribution in [0, 0.1) is 5.41 Å². The summed E-state index contributed by atoms with van der Waals surface area (Å²) in [7, 11) is 0. The number of rotatable bonds is 8. The quantitative estimate of drug-likeness (QED) is 0.289. The molecule has 0 saturated heterocycles. The zero-order valence-electron chi connectivity index (χ0n) is 21.8. The van der Waals surface area contributed by atoms with Crippen LogP contribution >= 0.6 is 0 Å². The summed E-state index contributed by atoms with van der Waals surface area (Å²) in [6, 6.07) is 35.6. The fraction of sp³-hybridized carbons (Fsp3) is 0.212. The van der Waals surface area contributed by atoms with Gasteiger partial charge in [0.2, 0.25) is 0 Å². The lowest BCUT2D eigenvalue weighted by atomic mass is 9.67. The number of carboxylic acid groups (broad SMARTS) is 2. The molecule has 0 radical (unpaired) electrons. The summed E-state index contributed by atoms with van der Waals surface area (Å²) in [4.78, 5) is 28.1. The van der Waals surface area contributed by atoms with Crippen molar-refractivity contribution in [1.29, 1.82) is 0 Å². The summed E-state index contributed by atoms with van der Waals surface area (Å²) in [6.07, 6.45) is 0. The summed E-state index contributed by atoms with van der Waals surface area (Å²) < 4.78 is 0. The highest BCUT2D eigenvalue weighted by molar-refractivity contribution is 5.90. The molecule has 0 spiro atoms. The molecule has 0 amide bonds. The van der Waals surface area contributed by atoms with Crippen molar-refractivity contribution < 1.29 is 19.8 Å². The van der Waals surface area contributed by atoms with Gasteiger partial charge in [-0.3, -0.25) is 14.5 Å². The monoisotopic (exact) mass is 505 g/mol. The standard InChI is InChI=1S/C33H31NO4/c1-31(2,29(35)36)32(3,30(37)38)34(22-23-14-6-4-7-15-23)33(24-16-8-5-9-17-24)27-20-12-10-18-25(27)26-19-11-13-21-28(26)33/h4-21H,22H2,1-3H3,(H,35,36)(H,37,38)/t32-/m1/s1. The highest BCUT2D eigenvalue weighted by Gasteiger charge is 2.63. The van der Waals surface area contributed by atoms with Gasteiger partial charge in [-0.05, 0) is 54.2 Å². The number of carbonyl (C=O) groups is 2. The Morgan fingerprint density at radius 3 is 1.58 bits per heavy atom. The fourth-order valence-electron chi connectivity index (χ4n) is 5.96. The number of benzene rings is 4. The van der Waals surface area contributed by atoms with Crippen molar-refractivity contribution in [2.45, 2.75) is 38.4 Å². The van der Waals surface area contributed by atoms with Gasteiger partial charge in [0.1, 0.15) is 5.54 Å². The molecule has 5 heteroatoms. The van der Waals surface area contributed by atoms with Crippen LogP contribution in [0.1, 0.15) is 43.0 Å². The molecule has 5 nitrogen and oxygen atoms in total. The van der Waals surface area contributed by atoms with E-state index in [0.717, 1.165) is 33.4 Å². The van der Waals surface area contributed by atoms with Gasteiger partial charge in [0.15, 0.2) is 0 Å². The molecule has 1 aliphatic rings. The number of hydrogen-bond donors (Lipinski definition) is 2. The molecule has 0 heterocycles. The third-order valence-electron chi connectivity index (χ3n) is 8.41. The van der Waals surface area contributed by atoms with E-state index in [1.807, 2.05) is 102 Å². The molecule has 5 rings (SSSR count). The number of hydrogen-bond acceptors (Lipinski definition) is 3. The smallest absolute Gasteiger partial charge is 0.325 e. The maximum atomic E-state index is 13.5. The van der Waals surface area contributed by atoms with Gasteiger partial charge in [0.25, 0.3) is 0 Å². The number of nitrogens with zero attached hydrogens (tertiary/aromatic N) is 1. The molecule has 0 bridgehead atoms. The maximum Gasteiger partial charge on any atom is 0.325 e. The summed E-state index contributed by atoms with van der Waals surface area (Å²) in [5.74, 6) is -2.37. The van der Waals surface area contributed by atoms with Crippen LogP contribution in [0.3, 0.4) is 0 Å². The Bertz CT molecular complexity index is 1450. The van der Waals surface area contributed by atoms with Crippen molar-refractivity contribution in [2.75, 3.05) is 0 Å². The van der Waals surface area contributed by atoms with Crippen molar-refractivity contribution in [3.05, 3.63) is 131 Å². The van der Waals surface area contributed by atoms with Gasteiger partial charge in [0.05, 0.1) is 11.0 Å². The van der Waals surface area contributed by atoms with Crippen LogP contribution in [0.15, 0.2) is 109 Å². The minimum absolute atomic E-state index is 0.206. The predicted molar refractivity (Wildman–Crippen MR) is 148 cm³/mol. The second-order valence-electron chi connectivity index (χ2n) is 10.5. The Kier molecular flexibility index (Phi) is 6.20. The topological polar surface area (TPSA) is 77.8 Å². The SMILES string of the molecule is CC(C)(C(=O)O)[C@@](C)(C(=O)O)N(Cc1ccccc1)C1(c2ccccc2)c2ccccc2-c2ccccc21. The first-order valence-corrected chi connectivity index (χ1v) is 12.7. The molecule has 0 aliphatic heterocycles. The summed E-state index contributed by atoms with van der Waals surface area (Å²) in [6.45, 7) is 4.78. The van der Waals surface area contributed by atoms with Gasteiger partial charge in [0, 0.05) is 6.54 Å². The third-order valence-corrected chi connectivity index (χ3v) is 8.41. The molecule has 1 atom stereocenters. The molecule has 0 saturated carbocycles. The third kappa shape index (κ3) is 3.50. The Morgan fingerprint density at radius 2 is 1.11 bits per heavy atom. The minimum atomic E-state index is -1.84. The molecule has 4 aromatic carbocycles. The maximum absolute atomic E-state index is 13.5. The summed E-state index contributed by atoms with van der Waals surface area (Å²) in [5.41, 5.74) is 1.05. The second kappa shape index (κ2) is 9.26. The van der Waals surface area contributed by atoms with E-state index >= 15 is 0 Å². The Hall–Kier alpha value is -4.22. The summed E-state index contributed by atoms with van der Waals surface area (Å²) >= 11 is 0. The van der Waals surface area contributed by atoms with E-state index in [4.69, 9.17) is 0 Å². The lowest BCUT2D eigenvalue weighted by Crippen LogP contribution is -2.68. The number of carboxylic acids is 2. The summed E-state index contributed by atoms with van der Waals surface area (Å²) in [5, 5.41) is 21.4. The fourth-order valence-corrected chi connectivity index (χ4v) is 5.96. The minimum Gasteiger partial charge on any atom is -0.481 e. The Labute approximate surface area is 223 Å². The van der Waals surface area contributed by atoms with E-state index in [-0.39, 0.29) is 6.54 Å². The molecular formula is C33H31NO4. The predicted octanol–water partition coefficient (Wildman–Crippen LogP) is 6.42. The molecule has 192 valence electrons. The van der Waals surface area contributed by atoms with Crippen molar-refractivity contribution in [3.63, 3.8) is 0 Å². The van der Waals surface area contributed by atoms with Crippen LogP contribution in [0.2, 0.25) is 0 Å². The van der Waals surface area contributed by atoms with Gasteiger partial charge < -0.3 is 10.2 Å². The van der Waals surface area contributed by atoms with Gasteiger partial charge in [-0.2, -0.15) is 0 Å². The Morgan fingerprint density at radius 1 is 0.658 bits per heavy atom. The molecule has 2 N–H and O–H groups in total. The normalized spacial score (nSPS) is 15.4. The lowest BCUT2D eigenvalue weighted by Gasteiger charge is -2.55. The van der Waals surface area contributed by atoms with Crippen LogP contribution in [0.25, 0.3) is 11.1 Å². The largest absolute Gasteiger partial charge is 0.481 e. The molecule has 1 aliphatic carbocycles. The van der Waals surface area contributed by atoms with E-state index in [9.17, 15) is 19.8 Å². The van der Waals surface area contributed by atoms with Crippen LogP contribution < -0.4 is 0 Å². The average Bonchev–Trinajstić information content (AvgIpc) is 3.23. The van der Waals surface area contributed by atoms with E-state index in [1.165, 1.54) is 13.8 Å². The van der Waals surface area contributed by atoms with E-state index in [2.05, 4.69) is 12.1 Å². The zero-order valence-corrected chi connectivity index (χ0v) is 21.8. The van der Waals surface area contributed by atoms with Gasteiger partial charge in [-0.25, -0.2) is 0 Å². The average molecular weight is 506 g/mol. The van der Waals surface area contributed by atoms with Crippen LogP contribution in [-0.4, -0.2) is 32.6 Å². The van der Waals surface area contributed by atoms with Crippen molar-refractivity contribution in [2.24, 2.45) is 5.41 Å². The van der Waals surface area contributed by atoms with Gasteiger partial charge in [-0.15, -0.1) is 0 Å². The van der Waals surface area contributed by atoms with Crippen molar-refractivity contribution >= 4 is 11.9 Å². The molecular weight excluding hydrogens is 474 g/mol. The molecule has 0 unspecified atom stereocenters. The van der Waals surface area contributed by atoms with Crippen molar-refractivity contribution in [3.8, 4) is 11.1 Å². The van der Waals surface area contributed by atoms with Crippen LogP contribution in [0.5, 0.6) is 0 Å². The first kappa shape index (κ1) is 25.4. The molecule has 4 aromatic rings. The number of fused-ring (bicyclic) bond motifs is 3. The van der Waals surface area contributed by atoms with Crippen LogP contribution in [-0.2, 0) is 21.7 Å². The van der Waals surface area contributed by atoms with Gasteiger partial charge in [-0.1, -0.05) is 109 Å². The lowest BCUT2D eigenvalue weighted by molar-refractivity contribution is -0.179. The van der Waals surface area contributed by atoms with Crippen LogP contribution in [0.4, 0.5) is 0 Å².